The van der Waals surface area contributed by atoms with Crippen LogP contribution in [0.3, 0.4) is 0 Å². The van der Waals surface area contributed by atoms with Gasteiger partial charge in [-0.15, -0.1) is 0 Å². The molecule has 0 aliphatic heterocycles. The van der Waals surface area contributed by atoms with Gasteiger partial charge < -0.3 is 5.32 Å². The van der Waals surface area contributed by atoms with Crippen LogP contribution in [0, 0.1) is 17.4 Å². The standard InChI is InChI=1S/C13H16IN/c1-9-7-10(2)13(12(14)8-9)15-11-5-3-4-6-11/h3,5,7-8,11,15H,4,6H2,1-2H3. The Morgan fingerprint density at radius 3 is 2.73 bits per heavy atom. The molecule has 0 heterocycles. The molecule has 2 rings (SSSR count). The summed E-state index contributed by atoms with van der Waals surface area (Å²) in [6.07, 6.45) is 6.96. The normalized spacial score (nSPS) is 19.5. The summed E-state index contributed by atoms with van der Waals surface area (Å²) in [5, 5.41) is 3.61. The van der Waals surface area contributed by atoms with Crippen molar-refractivity contribution in [1.29, 1.82) is 0 Å². The maximum absolute atomic E-state index is 3.61. The lowest BCUT2D eigenvalue weighted by Crippen LogP contribution is -2.15. The Hall–Kier alpha value is -0.510. The second kappa shape index (κ2) is 4.56. The summed E-state index contributed by atoms with van der Waals surface area (Å²) in [7, 11) is 0. The third kappa shape index (κ3) is 2.54. The average molecular weight is 313 g/mol. The lowest BCUT2D eigenvalue weighted by atomic mass is 10.1. The molecule has 1 N–H and O–H groups in total. The minimum absolute atomic E-state index is 0.528. The van der Waals surface area contributed by atoms with E-state index in [1.54, 1.807) is 0 Å². The van der Waals surface area contributed by atoms with E-state index in [1.165, 1.54) is 33.2 Å². The summed E-state index contributed by atoms with van der Waals surface area (Å²) >= 11 is 2.41. The molecule has 1 aliphatic rings. The second-order valence-corrected chi connectivity index (χ2v) is 5.36. The van der Waals surface area contributed by atoms with Gasteiger partial charge in [0.25, 0.3) is 0 Å². The third-order valence-corrected chi connectivity index (χ3v) is 3.62. The van der Waals surface area contributed by atoms with Crippen LogP contribution in [0.1, 0.15) is 24.0 Å². The SMILES string of the molecule is Cc1cc(C)c(NC2C=CCC2)c(I)c1. The number of hydrogen-bond donors (Lipinski definition) is 1. The molecule has 1 nitrogen and oxygen atoms in total. The smallest absolute Gasteiger partial charge is 0.0510 e. The quantitative estimate of drug-likeness (QED) is 0.642. The van der Waals surface area contributed by atoms with Crippen molar-refractivity contribution in [2.45, 2.75) is 32.7 Å². The van der Waals surface area contributed by atoms with Crippen LogP contribution in [0.15, 0.2) is 24.3 Å². The monoisotopic (exact) mass is 313 g/mol. The molecule has 1 atom stereocenters. The van der Waals surface area contributed by atoms with Crippen LogP contribution in [0.5, 0.6) is 0 Å². The van der Waals surface area contributed by atoms with Crippen LogP contribution in [0.2, 0.25) is 0 Å². The summed E-state index contributed by atoms with van der Waals surface area (Å²) in [6, 6.07) is 5.00. The van der Waals surface area contributed by atoms with Crippen molar-refractivity contribution in [1.82, 2.24) is 0 Å². The number of halogens is 1. The zero-order chi connectivity index (χ0) is 10.8. The van der Waals surface area contributed by atoms with E-state index in [1.807, 2.05) is 0 Å². The van der Waals surface area contributed by atoms with E-state index in [2.05, 4.69) is 66.0 Å². The van der Waals surface area contributed by atoms with Crippen molar-refractivity contribution in [3.8, 4) is 0 Å². The highest BCUT2D eigenvalue weighted by atomic mass is 127. The predicted molar refractivity (Wildman–Crippen MR) is 74.4 cm³/mol. The average Bonchev–Trinajstić information content (AvgIpc) is 2.63. The maximum atomic E-state index is 3.61. The van der Waals surface area contributed by atoms with E-state index >= 15 is 0 Å². The van der Waals surface area contributed by atoms with Crippen molar-refractivity contribution in [2.24, 2.45) is 0 Å². The molecule has 0 amide bonds. The number of nitrogens with one attached hydrogen (secondary N) is 1. The molecule has 2 heteroatoms. The van der Waals surface area contributed by atoms with E-state index in [4.69, 9.17) is 0 Å². The summed E-state index contributed by atoms with van der Waals surface area (Å²) in [5.74, 6) is 0. The first kappa shape index (κ1) is 11.0. The van der Waals surface area contributed by atoms with Gasteiger partial charge in [0.2, 0.25) is 0 Å². The fraction of sp³-hybridized carbons (Fsp3) is 0.385. The van der Waals surface area contributed by atoms with Crippen LogP contribution in [0.25, 0.3) is 0 Å². The molecular formula is C13H16IN. The molecule has 1 aromatic carbocycles. The van der Waals surface area contributed by atoms with E-state index in [0.29, 0.717) is 6.04 Å². The van der Waals surface area contributed by atoms with Gasteiger partial charge in [0.1, 0.15) is 0 Å². The first-order valence-electron chi connectivity index (χ1n) is 5.37. The fourth-order valence-corrected chi connectivity index (χ4v) is 3.11. The summed E-state index contributed by atoms with van der Waals surface area (Å²) < 4.78 is 1.32. The number of rotatable bonds is 2. The zero-order valence-corrected chi connectivity index (χ0v) is 11.3. The molecule has 0 bridgehead atoms. The fourth-order valence-electron chi connectivity index (χ4n) is 2.04. The molecule has 0 saturated heterocycles. The summed E-state index contributed by atoms with van der Waals surface area (Å²) in [5.41, 5.74) is 3.99. The van der Waals surface area contributed by atoms with Crippen LogP contribution >= 0.6 is 22.6 Å². The van der Waals surface area contributed by atoms with Crippen molar-refractivity contribution in [3.05, 3.63) is 39.0 Å². The highest BCUT2D eigenvalue weighted by Crippen LogP contribution is 2.26. The molecule has 0 fully saturated rings. The molecule has 0 saturated carbocycles. The van der Waals surface area contributed by atoms with Gasteiger partial charge in [-0.2, -0.15) is 0 Å². The first-order chi connectivity index (χ1) is 7.16. The number of hydrogen-bond acceptors (Lipinski definition) is 1. The highest BCUT2D eigenvalue weighted by molar-refractivity contribution is 14.1. The molecule has 1 aliphatic carbocycles. The predicted octanol–water partition coefficient (Wildman–Crippen LogP) is 4.04. The van der Waals surface area contributed by atoms with E-state index in [0.717, 1.165) is 0 Å². The molecule has 0 aromatic heterocycles. The van der Waals surface area contributed by atoms with Gasteiger partial charge in [0, 0.05) is 9.61 Å². The Balaban J connectivity index is 2.23. The van der Waals surface area contributed by atoms with E-state index in [9.17, 15) is 0 Å². The Bertz CT molecular complexity index is 373. The van der Waals surface area contributed by atoms with Gasteiger partial charge >= 0.3 is 0 Å². The summed E-state index contributed by atoms with van der Waals surface area (Å²) in [6.45, 7) is 4.32. The minimum atomic E-state index is 0.528. The third-order valence-electron chi connectivity index (χ3n) is 2.77. The van der Waals surface area contributed by atoms with Gasteiger partial charge in [-0.25, -0.2) is 0 Å². The Kier molecular flexibility index (Phi) is 3.34. The minimum Gasteiger partial charge on any atom is -0.378 e. The molecule has 1 unspecified atom stereocenters. The molecular weight excluding hydrogens is 297 g/mol. The Labute approximate surface area is 105 Å². The molecule has 0 radical (unpaired) electrons. The molecule has 1 aromatic rings. The Morgan fingerprint density at radius 2 is 2.13 bits per heavy atom. The summed E-state index contributed by atoms with van der Waals surface area (Å²) in [4.78, 5) is 0. The van der Waals surface area contributed by atoms with Gasteiger partial charge in [-0.3, -0.25) is 0 Å². The van der Waals surface area contributed by atoms with E-state index in [-0.39, 0.29) is 0 Å². The lowest BCUT2D eigenvalue weighted by molar-refractivity contribution is 0.824. The van der Waals surface area contributed by atoms with Crippen LogP contribution in [-0.2, 0) is 0 Å². The number of anilines is 1. The number of aryl methyl sites for hydroxylation is 2. The van der Waals surface area contributed by atoms with E-state index < -0.39 is 0 Å². The zero-order valence-electron chi connectivity index (χ0n) is 9.18. The van der Waals surface area contributed by atoms with Crippen molar-refractivity contribution >= 4 is 28.3 Å². The largest absolute Gasteiger partial charge is 0.378 e. The van der Waals surface area contributed by atoms with Crippen molar-refractivity contribution in [3.63, 3.8) is 0 Å². The number of benzene rings is 1. The first-order valence-corrected chi connectivity index (χ1v) is 6.44. The maximum Gasteiger partial charge on any atom is 0.0510 e. The number of allylic oxidation sites excluding steroid dienone is 1. The molecule has 0 spiro atoms. The van der Waals surface area contributed by atoms with Gasteiger partial charge in [0.15, 0.2) is 0 Å². The van der Waals surface area contributed by atoms with Gasteiger partial charge in [-0.1, -0.05) is 18.2 Å². The molecule has 80 valence electrons. The lowest BCUT2D eigenvalue weighted by Gasteiger charge is -2.17. The van der Waals surface area contributed by atoms with Gasteiger partial charge in [-0.05, 0) is 66.5 Å². The molecule has 15 heavy (non-hydrogen) atoms. The van der Waals surface area contributed by atoms with Crippen LogP contribution < -0.4 is 5.32 Å². The Morgan fingerprint density at radius 1 is 1.33 bits per heavy atom. The van der Waals surface area contributed by atoms with Crippen LogP contribution in [0.4, 0.5) is 5.69 Å². The second-order valence-electron chi connectivity index (χ2n) is 4.19. The van der Waals surface area contributed by atoms with Gasteiger partial charge in [0.05, 0.1) is 5.69 Å². The topological polar surface area (TPSA) is 12.0 Å². The van der Waals surface area contributed by atoms with Crippen molar-refractivity contribution < 1.29 is 0 Å². The van der Waals surface area contributed by atoms with Crippen LogP contribution in [-0.4, -0.2) is 6.04 Å². The van der Waals surface area contributed by atoms with Crippen molar-refractivity contribution in [2.75, 3.05) is 5.32 Å². The highest BCUT2D eigenvalue weighted by Gasteiger charge is 2.12.